The topological polar surface area (TPSA) is 79.0 Å². The predicted octanol–water partition coefficient (Wildman–Crippen LogP) is 2.20. The first-order chi connectivity index (χ1) is 15.4. The van der Waals surface area contributed by atoms with E-state index in [4.69, 9.17) is 4.74 Å². The summed E-state index contributed by atoms with van der Waals surface area (Å²) in [6.07, 6.45) is 3.08. The molecule has 1 aliphatic heterocycles. The van der Waals surface area contributed by atoms with E-state index >= 15 is 0 Å². The Morgan fingerprint density at radius 2 is 1.72 bits per heavy atom. The number of rotatable bonds is 7. The van der Waals surface area contributed by atoms with Crippen LogP contribution in [0.15, 0.2) is 47.4 Å². The summed E-state index contributed by atoms with van der Waals surface area (Å²) in [5, 5.41) is 2.97. The van der Waals surface area contributed by atoms with Crippen LogP contribution in [0, 0.1) is 0 Å². The van der Waals surface area contributed by atoms with E-state index in [1.807, 2.05) is 48.2 Å². The first-order valence-corrected chi connectivity index (χ1v) is 12.6. The van der Waals surface area contributed by atoms with Crippen LogP contribution in [0.5, 0.6) is 5.75 Å². The van der Waals surface area contributed by atoms with E-state index in [-0.39, 0.29) is 11.9 Å². The number of hydrogen-bond acceptors (Lipinski definition) is 5. The largest absolute Gasteiger partial charge is 0.497 e. The Morgan fingerprint density at radius 1 is 1.03 bits per heavy atom. The number of carbonyl (C=O) groups is 1. The summed E-state index contributed by atoms with van der Waals surface area (Å²) in [4.78, 5) is 15.1. The minimum atomic E-state index is -3.51. The summed E-state index contributed by atoms with van der Waals surface area (Å²) < 4.78 is 32.9. The van der Waals surface area contributed by atoms with Crippen molar-refractivity contribution >= 4 is 15.9 Å². The molecule has 2 aliphatic rings. The SMILES string of the molecule is COc1ccc(CNC(=O)[C@H](C)N2CCN(S(=O)(=O)c3ccc4c(c3)CCC4)CC2)cc1. The van der Waals surface area contributed by atoms with Crippen molar-refractivity contribution in [1.82, 2.24) is 14.5 Å². The molecule has 0 spiro atoms. The van der Waals surface area contributed by atoms with Gasteiger partial charge in [-0.15, -0.1) is 0 Å². The Labute approximate surface area is 190 Å². The monoisotopic (exact) mass is 457 g/mol. The molecule has 2 aromatic carbocycles. The lowest BCUT2D eigenvalue weighted by molar-refractivity contribution is -0.126. The van der Waals surface area contributed by atoms with Crippen molar-refractivity contribution in [3.8, 4) is 5.75 Å². The van der Waals surface area contributed by atoms with Crippen molar-refractivity contribution in [3.05, 3.63) is 59.2 Å². The molecular formula is C24H31N3O4S. The molecule has 0 aromatic heterocycles. The third-order valence-corrected chi connectivity index (χ3v) is 8.43. The van der Waals surface area contributed by atoms with Crippen LogP contribution in [0.4, 0.5) is 0 Å². The summed E-state index contributed by atoms with van der Waals surface area (Å²) in [5.74, 6) is 0.719. The van der Waals surface area contributed by atoms with Gasteiger partial charge in [-0.2, -0.15) is 4.31 Å². The molecule has 1 aliphatic carbocycles. The number of amides is 1. The van der Waals surface area contributed by atoms with E-state index in [1.165, 1.54) is 5.56 Å². The average molecular weight is 458 g/mol. The zero-order chi connectivity index (χ0) is 22.7. The van der Waals surface area contributed by atoms with Crippen molar-refractivity contribution in [3.63, 3.8) is 0 Å². The van der Waals surface area contributed by atoms with E-state index in [0.29, 0.717) is 37.6 Å². The second-order valence-electron chi connectivity index (χ2n) is 8.47. The summed E-state index contributed by atoms with van der Waals surface area (Å²) in [6, 6.07) is 12.8. The van der Waals surface area contributed by atoms with Crippen molar-refractivity contribution in [2.75, 3.05) is 33.3 Å². The molecular weight excluding hydrogens is 426 g/mol. The van der Waals surface area contributed by atoms with Crippen LogP contribution in [0.25, 0.3) is 0 Å². The minimum absolute atomic E-state index is 0.0595. The van der Waals surface area contributed by atoms with Crippen LogP contribution in [-0.2, 0) is 34.2 Å². The number of fused-ring (bicyclic) bond motifs is 1. The number of piperazine rings is 1. The average Bonchev–Trinajstić information content (AvgIpc) is 3.30. The Balaban J connectivity index is 1.30. The molecule has 32 heavy (non-hydrogen) atoms. The van der Waals surface area contributed by atoms with Crippen LogP contribution in [0.1, 0.15) is 30.0 Å². The van der Waals surface area contributed by atoms with Gasteiger partial charge < -0.3 is 10.1 Å². The summed E-state index contributed by atoms with van der Waals surface area (Å²) >= 11 is 0. The highest BCUT2D eigenvalue weighted by Gasteiger charge is 2.32. The Bertz CT molecular complexity index is 1060. The fourth-order valence-electron chi connectivity index (χ4n) is 4.44. The normalized spacial score (nSPS) is 18.2. The number of nitrogens with one attached hydrogen (secondary N) is 1. The molecule has 0 radical (unpaired) electrons. The van der Waals surface area contributed by atoms with Crippen molar-refractivity contribution in [2.24, 2.45) is 0 Å². The number of hydrogen-bond donors (Lipinski definition) is 1. The standard InChI is InChI=1S/C24H31N3O4S/c1-18(24(28)25-17-19-6-9-22(31-2)10-7-19)26-12-14-27(15-13-26)32(29,30)23-11-8-20-4-3-5-21(20)16-23/h6-11,16,18H,3-5,12-15,17H2,1-2H3,(H,25,28)/t18-/m0/s1. The number of sulfonamides is 1. The van der Waals surface area contributed by atoms with E-state index in [0.717, 1.165) is 36.1 Å². The first kappa shape index (κ1) is 22.8. The molecule has 7 nitrogen and oxygen atoms in total. The predicted molar refractivity (Wildman–Crippen MR) is 123 cm³/mol. The number of nitrogens with zero attached hydrogens (tertiary/aromatic N) is 2. The quantitative estimate of drug-likeness (QED) is 0.690. The number of benzene rings is 2. The van der Waals surface area contributed by atoms with Crippen LogP contribution in [0.2, 0.25) is 0 Å². The van der Waals surface area contributed by atoms with Crippen molar-refractivity contribution in [1.29, 1.82) is 0 Å². The van der Waals surface area contributed by atoms with Crippen molar-refractivity contribution < 1.29 is 17.9 Å². The highest BCUT2D eigenvalue weighted by atomic mass is 32.2. The number of carbonyl (C=O) groups excluding carboxylic acids is 1. The van der Waals surface area contributed by atoms with E-state index in [9.17, 15) is 13.2 Å². The maximum atomic E-state index is 13.1. The second kappa shape index (κ2) is 9.60. The minimum Gasteiger partial charge on any atom is -0.497 e. The van der Waals surface area contributed by atoms with Crippen LogP contribution < -0.4 is 10.1 Å². The Kier molecular flexibility index (Phi) is 6.83. The van der Waals surface area contributed by atoms with Gasteiger partial charge >= 0.3 is 0 Å². The third kappa shape index (κ3) is 4.82. The molecule has 1 fully saturated rings. The van der Waals surface area contributed by atoms with Gasteiger partial charge in [0.05, 0.1) is 18.0 Å². The molecule has 1 heterocycles. The molecule has 4 rings (SSSR count). The van der Waals surface area contributed by atoms with Gasteiger partial charge in [0, 0.05) is 32.7 Å². The second-order valence-corrected chi connectivity index (χ2v) is 10.4. The number of aryl methyl sites for hydroxylation is 2. The summed E-state index contributed by atoms with van der Waals surface area (Å²) in [5.41, 5.74) is 3.42. The Morgan fingerprint density at radius 3 is 2.41 bits per heavy atom. The van der Waals surface area contributed by atoms with Gasteiger partial charge in [0.2, 0.25) is 15.9 Å². The molecule has 0 unspecified atom stereocenters. The van der Waals surface area contributed by atoms with Gasteiger partial charge in [-0.3, -0.25) is 9.69 Å². The van der Waals surface area contributed by atoms with Gasteiger partial charge in [-0.05, 0) is 67.1 Å². The highest BCUT2D eigenvalue weighted by Crippen LogP contribution is 2.27. The highest BCUT2D eigenvalue weighted by molar-refractivity contribution is 7.89. The van der Waals surface area contributed by atoms with Crippen LogP contribution >= 0.6 is 0 Å². The lowest BCUT2D eigenvalue weighted by atomic mass is 10.1. The van der Waals surface area contributed by atoms with Gasteiger partial charge in [0.25, 0.3) is 0 Å². The number of ether oxygens (including phenoxy) is 1. The fraction of sp³-hybridized carbons (Fsp3) is 0.458. The molecule has 1 amide bonds. The van der Waals surface area contributed by atoms with E-state index < -0.39 is 10.0 Å². The maximum Gasteiger partial charge on any atom is 0.243 e. The molecule has 172 valence electrons. The van der Waals surface area contributed by atoms with Gasteiger partial charge in [0.15, 0.2) is 0 Å². The van der Waals surface area contributed by atoms with Crippen LogP contribution in [0.3, 0.4) is 0 Å². The van der Waals surface area contributed by atoms with Gasteiger partial charge in [-0.1, -0.05) is 18.2 Å². The van der Waals surface area contributed by atoms with E-state index in [2.05, 4.69) is 5.32 Å². The first-order valence-electron chi connectivity index (χ1n) is 11.1. The lowest BCUT2D eigenvalue weighted by Gasteiger charge is -2.36. The molecule has 2 aromatic rings. The van der Waals surface area contributed by atoms with Crippen molar-refractivity contribution in [2.45, 2.75) is 43.7 Å². The zero-order valence-corrected chi connectivity index (χ0v) is 19.5. The van der Waals surface area contributed by atoms with Gasteiger partial charge in [0.1, 0.15) is 5.75 Å². The molecule has 1 saturated heterocycles. The van der Waals surface area contributed by atoms with Crippen LogP contribution in [-0.4, -0.2) is 62.9 Å². The summed E-state index contributed by atoms with van der Waals surface area (Å²) in [6.45, 7) is 4.14. The fourth-order valence-corrected chi connectivity index (χ4v) is 5.91. The summed E-state index contributed by atoms with van der Waals surface area (Å²) in [7, 11) is -1.89. The zero-order valence-electron chi connectivity index (χ0n) is 18.7. The maximum absolute atomic E-state index is 13.1. The molecule has 1 N–H and O–H groups in total. The van der Waals surface area contributed by atoms with E-state index in [1.54, 1.807) is 17.5 Å². The molecule has 0 saturated carbocycles. The lowest BCUT2D eigenvalue weighted by Crippen LogP contribution is -2.54. The number of methoxy groups -OCH3 is 1. The third-order valence-electron chi connectivity index (χ3n) is 6.53. The molecule has 8 heteroatoms. The Hall–Kier alpha value is -2.42. The van der Waals surface area contributed by atoms with Gasteiger partial charge in [-0.25, -0.2) is 8.42 Å². The smallest absolute Gasteiger partial charge is 0.243 e. The molecule has 1 atom stereocenters. The molecule has 0 bridgehead atoms.